The summed E-state index contributed by atoms with van der Waals surface area (Å²) in [6, 6.07) is 0. The maximum atomic E-state index is 12.8. The quantitative estimate of drug-likeness (QED) is 0.694. The summed E-state index contributed by atoms with van der Waals surface area (Å²) in [5, 5.41) is 0. The summed E-state index contributed by atoms with van der Waals surface area (Å²) in [6.07, 6.45) is 10.1. The van der Waals surface area contributed by atoms with Crippen molar-refractivity contribution in [1.29, 1.82) is 0 Å². The van der Waals surface area contributed by atoms with E-state index in [4.69, 9.17) is 4.74 Å². The fourth-order valence-electron chi connectivity index (χ4n) is 7.36. The first-order valence-electron chi connectivity index (χ1n) is 10.7. The molecule has 0 saturated heterocycles. The Morgan fingerprint density at radius 3 is 2.59 bits per heavy atom. The van der Waals surface area contributed by atoms with Gasteiger partial charge in [-0.3, -0.25) is 14.4 Å². The minimum atomic E-state index is -0.377. The lowest BCUT2D eigenvalue weighted by Crippen LogP contribution is -2.51. The monoisotopic (exact) mass is 372 g/mol. The fraction of sp³-hybridized carbons (Fsp3) is 0.783. The minimum absolute atomic E-state index is 0.0282. The Kier molecular flexibility index (Phi) is 4.59. The predicted molar refractivity (Wildman–Crippen MR) is 102 cm³/mol. The summed E-state index contributed by atoms with van der Waals surface area (Å²) in [7, 11) is 0. The summed E-state index contributed by atoms with van der Waals surface area (Å²) >= 11 is 0. The normalized spacial score (nSPS) is 43.2. The van der Waals surface area contributed by atoms with Gasteiger partial charge in [-0.05, 0) is 79.6 Å². The van der Waals surface area contributed by atoms with Crippen LogP contribution in [0.15, 0.2) is 11.6 Å². The predicted octanol–water partition coefficient (Wildman–Crippen LogP) is 4.27. The molecule has 6 atom stereocenters. The van der Waals surface area contributed by atoms with Crippen molar-refractivity contribution >= 4 is 17.5 Å². The Morgan fingerprint density at radius 2 is 1.85 bits per heavy atom. The van der Waals surface area contributed by atoms with E-state index in [1.165, 1.54) is 12.5 Å². The third-order valence-electron chi connectivity index (χ3n) is 8.77. The van der Waals surface area contributed by atoms with Gasteiger partial charge in [0.25, 0.3) is 0 Å². The number of ether oxygens (including phenoxy) is 1. The molecule has 0 aromatic heterocycles. The lowest BCUT2D eigenvalue weighted by Gasteiger charge is -2.58. The van der Waals surface area contributed by atoms with E-state index in [2.05, 4.69) is 13.8 Å². The summed E-state index contributed by atoms with van der Waals surface area (Å²) in [5.74, 6) is 1.95. The molecule has 0 bridgehead atoms. The summed E-state index contributed by atoms with van der Waals surface area (Å²) in [4.78, 5) is 35.8. The number of ketones is 2. The van der Waals surface area contributed by atoms with Crippen molar-refractivity contribution in [3.05, 3.63) is 11.6 Å². The molecule has 0 radical (unpaired) electrons. The van der Waals surface area contributed by atoms with Crippen molar-refractivity contribution in [2.45, 2.75) is 72.1 Å². The van der Waals surface area contributed by atoms with Gasteiger partial charge in [0.2, 0.25) is 0 Å². The van der Waals surface area contributed by atoms with Gasteiger partial charge >= 0.3 is 5.97 Å². The van der Waals surface area contributed by atoms with Crippen LogP contribution in [0.1, 0.15) is 72.1 Å². The number of fused-ring (bicyclic) bond motifs is 5. The van der Waals surface area contributed by atoms with Crippen LogP contribution in [0.3, 0.4) is 0 Å². The number of Topliss-reactive ketones (excluding diaryl/α,β-unsaturated/α-hetero) is 1. The molecule has 0 unspecified atom stereocenters. The van der Waals surface area contributed by atoms with E-state index in [1.807, 2.05) is 6.08 Å². The zero-order valence-electron chi connectivity index (χ0n) is 16.9. The van der Waals surface area contributed by atoms with Crippen LogP contribution in [0.4, 0.5) is 0 Å². The molecule has 0 aromatic rings. The van der Waals surface area contributed by atoms with Gasteiger partial charge in [-0.2, -0.15) is 0 Å². The molecule has 0 spiro atoms. The molecule has 27 heavy (non-hydrogen) atoms. The maximum absolute atomic E-state index is 12.8. The molecular formula is C23H32O4. The number of esters is 1. The van der Waals surface area contributed by atoms with E-state index in [0.29, 0.717) is 30.0 Å². The number of rotatable bonds is 3. The second-order valence-corrected chi connectivity index (χ2v) is 9.89. The zero-order chi connectivity index (χ0) is 19.4. The first kappa shape index (κ1) is 18.9. The second-order valence-electron chi connectivity index (χ2n) is 9.89. The van der Waals surface area contributed by atoms with Crippen molar-refractivity contribution < 1.29 is 19.1 Å². The molecule has 4 heteroatoms. The fourth-order valence-corrected chi connectivity index (χ4v) is 7.36. The molecule has 0 N–H and O–H groups in total. The van der Waals surface area contributed by atoms with Gasteiger partial charge in [-0.1, -0.05) is 19.4 Å². The highest BCUT2D eigenvalue weighted by Crippen LogP contribution is 2.66. The second kappa shape index (κ2) is 6.56. The highest BCUT2D eigenvalue weighted by atomic mass is 16.5. The van der Waals surface area contributed by atoms with Gasteiger partial charge < -0.3 is 4.74 Å². The van der Waals surface area contributed by atoms with E-state index in [9.17, 15) is 14.4 Å². The molecule has 0 amide bonds. The minimum Gasteiger partial charge on any atom is -0.458 e. The highest BCUT2D eigenvalue weighted by molar-refractivity contribution is 5.91. The van der Waals surface area contributed by atoms with Crippen LogP contribution in [-0.2, 0) is 19.1 Å². The Balaban J connectivity index is 1.56. The zero-order valence-corrected chi connectivity index (χ0v) is 16.9. The molecule has 3 saturated carbocycles. The number of hydrogen-bond acceptors (Lipinski definition) is 4. The summed E-state index contributed by atoms with van der Waals surface area (Å²) < 4.78 is 5.02. The van der Waals surface area contributed by atoms with E-state index in [0.717, 1.165) is 44.9 Å². The third kappa shape index (κ3) is 2.91. The van der Waals surface area contributed by atoms with Crippen LogP contribution in [0, 0.1) is 34.5 Å². The lowest BCUT2D eigenvalue weighted by atomic mass is 9.46. The first-order chi connectivity index (χ1) is 12.8. The summed E-state index contributed by atoms with van der Waals surface area (Å²) in [5.41, 5.74) is 1.61. The van der Waals surface area contributed by atoms with Crippen LogP contribution >= 0.6 is 0 Å². The third-order valence-corrected chi connectivity index (χ3v) is 8.77. The smallest absolute Gasteiger partial charge is 0.303 e. The Labute approximate surface area is 162 Å². The standard InChI is InChI=1S/C23H32O4/c1-14(24)27-13-21(26)20-7-6-18-17-5-4-15-12-16(25)8-10-22(15,2)19(17)9-11-23(18,20)3/h12,17-20H,4-11,13H2,1-3H3/t17-,18-,19-,20+,22-,23+/m1/s1. The van der Waals surface area contributed by atoms with Crippen LogP contribution in [0.5, 0.6) is 0 Å². The van der Waals surface area contributed by atoms with E-state index < -0.39 is 0 Å². The average molecular weight is 373 g/mol. The van der Waals surface area contributed by atoms with Gasteiger partial charge in [-0.15, -0.1) is 0 Å². The maximum Gasteiger partial charge on any atom is 0.303 e. The molecule has 0 aromatic carbocycles. The first-order valence-corrected chi connectivity index (χ1v) is 10.7. The van der Waals surface area contributed by atoms with Crippen molar-refractivity contribution in [1.82, 2.24) is 0 Å². The average Bonchev–Trinajstić information content (AvgIpc) is 2.97. The van der Waals surface area contributed by atoms with Crippen LogP contribution < -0.4 is 0 Å². The van der Waals surface area contributed by atoms with Gasteiger partial charge in [0.1, 0.15) is 6.61 Å². The number of carbonyl (C=O) groups excluding carboxylic acids is 3. The molecule has 148 valence electrons. The van der Waals surface area contributed by atoms with E-state index in [-0.39, 0.29) is 35.1 Å². The van der Waals surface area contributed by atoms with Gasteiger partial charge in [-0.25, -0.2) is 0 Å². The molecule has 0 heterocycles. The number of allylic oxidation sites excluding steroid dienone is 1. The topological polar surface area (TPSA) is 60.4 Å². The van der Waals surface area contributed by atoms with E-state index >= 15 is 0 Å². The molecule has 4 aliphatic rings. The molecule has 0 aliphatic heterocycles. The summed E-state index contributed by atoms with van der Waals surface area (Å²) in [6.45, 7) is 6.00. The Hall–Kier alpha value is -1.45. The molecule has 3 fully saturated rings. The van der Waals surface area contributed by atoms with Gasteiger partial charge in [0.15, 0.2) is 11.6 Å². The van der Waals surface area contributed by atoms with Crippen molar-refractivity contribution in [2.24, 2.45) is 34.5 Å². The van der Waals surface area contributed by atoms with Gasteiger partial charge in [0, 0.05) is 19.3 Å². The molecule has 4 rings (SSSR count). The molecule has 4 aliphatic carbocycles. The molecule has 4 nitrogen and oxygen atoms in total. The Bertz CT molecular complexity index is 707. The van der Waals surface area contributed by atoms with Crippen LogP contribution in [0.25, 0.3) is 0 Å². The molecular weight excluding hydrogens is 340 g/mol. The van der Waals surface area contributed by atoms with Crippen molar-refractivity contribution in [2.75, 3.05) is 6.61 Å². The van der Waals surface area contributed by atoms with E-state index in [1.54, 1.807) is 0 Å². The number of carbonyl (C=O) groups is 3. The highest BCUT2D eigenvalue weighted by Gasteiger charge is 2.60. The Morgan fingerprint density at radius 1 is 1.07 bits per heavy atom. The lowest BCUT2D eigenvalue weighted by molar-refractivity contribution is -0.149. The van der Waals surface area contributed by atoms with Crippen molar-refractivity contribution in [3.63, 3.8) is 0 Å². The number of hydrogen-bond donors (Lipinski definition) is 0. The SMILES string of the molecule is CC(=O)OCC(=O)[C@@H]1CC[C@@H]2[C@H]3CCC4=CC(=O)CC[C@@]4(C)[C@@H]3CC[C@@]21C. The largest absolute Gasteiger partial charge is 0.458 e. The van der Waals surface area contributed by atoms with Crippen LogP contribution in [-0.4, -0.2) is 24.1 Å². The van der Waals surface area contributed by atoms with Crippen LogP contribution in [0.2, 0.25) is 0 Å². The van der Waals surface area contributed by atoms with Gasteiger partial charge in [0.05, 0.1) is 0 Å². The van der Waals surface area contributed by atoms with Crippen molar-refractivity contribution in [3.8, 4) is 0 Å².